The Labute approximate surface area is 106 Å². The number of benzene rings is 1. The van der Waals surface area contributed by atoms with E-state index in [1.165, 1.54) is 6.07 Å². The lowest BCUT2D eigenvalue weighted by atomic mass is 9.75. The second-order valence-electron chi connectivity index (χ2n) is 5.28. The summed E-state index contributed by atoms with van der Waals surface area (Å²) < 4.78 is 13.7. The van der Waals surface area contributed by atoms with Crippen LogP contribution in [0.4, 0.5) is 4.39 Å². The van der Waals surface area contributed by atoms with Crippen LogP contribution in [0.25, 0.3) is 0 Å². The molecular formula is C14H18FNO2. The molecule has 0 heterocycles. The highest BCUT2D eigenvalue weighted by Gasteiger charge is 2.46. The van der Waals surface area contributed by atoms with Crippen molar-refractivity contribution in [2.75, 3.05) is 0 Å². The van der Waals surface area contributed by atoms with E-state index in [2.05, 4.69) is 6.92 Å². The maximum atomic E-state index is 13.7. The van der Waals surface area contributed by atoms with E-state index >= 15 is 0 Å². The van der Waals surface area contributed by atoms with Gasteiger partial charge in [-0.1, -0.05) is 19.1 Å². The molecule has 4 heteroatoms. The predicted octanol–water partition coefficient (Wildman–Crippen LogP) is 2.70. The minimum absolute atomic E-state index is 0.308. The molecule has 0 aromatic heterocycles. The molecule has 0 spiro atoms. The van der Waals surface area contributed by atoms with Gasteiger partial charge in [-0.15, -0.1) is 0 Å². The molecule has 1 aliphatic carbocycles. The van der Waals surface area contributed by atoms with Gasteiger partial charge in [0, 0.05) is 0 Å². The Morgan fingerprint density at radius 3 is 2.83 bits per heavy atom. The molecule has 2 rings (SSSR count). The van der Waals surface area contributed by atoms with Gasteiger partial charge in [-0.3, -0.25) is 10.0 Å². The van der Waals surface area contributed by atoms with Crippen LogP contribution in [0.15, 0.2) is 18.2 Å². The SMILES string of the molecule is Cc1c(F)cccc1C1(C(=O)NO)CCC(C)C1. The number of amides is 1. The monoisotopic (exact) mass is 251 g/mol. The molecule has 18 heavy (non-hydrogen) atoms. The van der Waals surface area contributed by atoms with Crippen LogP contribution in [0, 0.1) is 18.7 Å². The van der Waals surface area contributed by atoms with Gasteiger partial charge in [0.15, 0.2) is 0 Å². The normalized spacial score (nSPS) is 27.2. The Hall–Kier alpha value is -1.42. The summed E-state index contributed by atoms with van der Waals surface area (Å²) in [6.45, 7) is 3.75. The van der Waals surface area contributed by atoms with Crippen molar-refractivity contribution >= 4 is 5.91 Å². The van der Waals surface area contributed by atoms with Crippen LogP contribution in [0.3, 0.4) is 0 Å². The van der Waals surface area contributed by atoms with Crippen LogP contribution in [0.1, 0.15) is 37.3 Å². The molecule has 1 fully saturated rings. The van der Waals surface area contributed by atoms with Crippen LogP contribution in [-0.2, 0) is 10.2 Å². The smallest absolute Gasteiger partial charge is 0.253 e. The van der Waals surface area contributed by atoms with E-state index in [-0.39, 0.29) is 5.82 Å². The minimum atomic E-state index is -0.791. The van der Waals surface area contributed by atoms with Crippen molar-refractivity contribution in [3.63, 3.8) is 0 Å². The zero-order chi connectivity index (χ0) is 13.3. The molecule has 0 bridgehead atoms. The van der Waals surface area contributed by atoms with Gasteiger partial charge >= 0.3 is 0 Å². The molecule has 98 valence electrons. The van der Waals surface area contributed by atoms with Crippen LogP contribution < -0.4 is 5.48 Å². The summed E-state index contributed by atoms with van der Waals surface area (Å²) >= 11 is 0. The largest absolute Gasteiger partial charge is 0.289 e. The molecule has 2 unspecified atom stereocenters. The molecule has 0 radical (unpaired) electrons. The highest BCUT2D eigenvalue weighted by Crippen LogP contribution is 2.45. The molecule has 0 aliphatic heterocycles. The van der Waals surface area contributed by atoms with E-state index in [0.717, 1.165) is 6.42 Å². The molecule has 3 nitrogen and oxygen atoms in total. The van der Waals surface area contributed by atoms with Crippen LogP contribution in [0.2, 0.25) is 0 Å². The van der Waals surface area contributed by atoms with Crippen LogP contribution in [-0.4, -0.2) is 11.1 Å². The lowest BCUT2D eigenvalue weighted by molar-refractivity contribution is -0.135. The lowest BCUT2D eigenvalue weighted by Crippen LogP contribution is -2.42. The minimum Gasteiger partial charge on any atom is -0.289 e. The van der Waals surface area contributed by atoms with E-state index in [1.54, 1.807) is 24.5 Å². The van der Waals surface area contributed by atoms with Gasteiger partial charge in [0.05, 0.1) is 5.41 Å². The molecule has 2 N–H and O–H groups in total. The van der Waals surface area contributed by atoms with Crippen molar-refractivity contribution in [2.24, 2.45) is 5.92 Å². The molecule has 1 aromatic carbocycles. The van der Waals surface area contributed by atoms with E-state index in [0.29, 0.717) is 29.9 Å². The molecule has 1 aliphatic rings. The Balaban J connectivity index is 2.54. The zero-order valence-electron chi connectivity index (χ0n) is 10.7. The summed E-state index contributed by atoms with van der Waals surface area (Å²) in [5, 5.41) is 8.97. The maximum absolute atomic E-state index is 13.7. The lowest BCUT2D eigenvalue weighted by Gasteiger charge is -2.29. The Kier molecular flexibility index (Phi) is 3.39. The fourth-order valence-corrected chi connectivity index (χ4v) is 3.10. The van der Waals surface area contributed by atoms with Gasteiger partial charge < -0.3 is 0 Å². The molecule has 0 saturated heterocycles. The second kappa shape index (κ2) is 4.69. The average Bonchev–Trinajstić information content (AvgIpc) is 2.75. The summed E-state index contributed by atoms with van der Waals surface area (Å²) in [5.74, 6) is -0.345. The molecule has 1 amide bonds. The summed E-state index contributed by atoms with van der Waals surface area (Å²) in [4.78, 5) is 12.1. The van der Waals surface area contributed by atoms with E-state index in [4.69, 9.17) is 5.21 Å². The van der Waals surface area contributed by atoms with Crippen molar-refractivity contribution in [3.05, 3.63) is 35.1 Å². The van der Waals surface area contributed by atoms with Crippen molar-refractivity contribution < 1.29 is 14.4 Å². The number of carbonyl (C=O) groups excluding carboxylic acids is 1. The van der Waals surface area contributed by atoms with E-state index in [9.17, 15) is 9.18 Å². The fraction of sp³-hybridized carbons (Fsp3) is 0.500. The number of hydrogen-bond acceptors (Lipinski definition) is 2. The van der Waals surface area contributed by atoms with Gasteiger partial charge in [-0.25, -0.2) is 9.87 Å². The van der Waals surface area contributed by atoms with Crippen molar-refractivity contribution in [1.82, 2.24) is 5.48 Å². The molecule has 1 saturated carbocycles. The molecular weight excluding hydrogens is 233 g/mol. The van der Waals surface area contributed by atoms with Gasteiger partial charge in [0.25, 0.3) is 5.91 Å². The number of hydrogen-bond donors (Lipinski definition) is 2. The highest BCUT2D eigenvalue weighted by molar-refractivity contribution is 5.88. The van der Waals surface area contributed by atoms with E-state index < -0.39 is 11.3 Å². The van der Waals surface area contributed by atoms with Gasteiger partial charge in [0.2, 0.25) is 0 Å². The number of halogens is 1. The third-order valence-corrected chi connectivity index (χ3v) is 4.08. The third-order valence-electron chi connectivity index (χ3n) is 4.08. The van der Waals surface area contributed by atoms with Gasteiger partial charge in [0.1, 0.15) is 5.82 Å². The summed E-state index contributed by atoms with van der Waals surface area (Å²) in [5.41, 5.74) is 2.15. The van der Waals surface area contributed by atoms with Crippen molar-refractivity contribution in [2.45, 2.75) is 38.5 Å². The number of hydroxylamine groups is 1. The van der Waals surface area contributed by atoms with Crippen molar-refractivity contribution in [1.29, 1.82) is 0 Å². The first-order valence-electron chi connectivity index (χ1n) is 6.21. The first kappa shape index (κ1) is 13.0. The molecule has 1 aromatic rings. The Bertz CT molecular complexity index is 475. The first-order chi connectivity index (χ1) is 8.51. The van der Waals surface area contributed by atoms with Crippen LogP contribution in [0.5, 0.6) is 0 Å². The zero-order valence-corrected chi connectivity index (χ0v) is 10.7. The third kappa shape index (κ3) is 1.90. The summed E-state index contributed by atoms with van der Waals surface area (Å²) in [6, 6.07) is 4.79. The van der Waals surface area contributed by atoms with Crippen molar-refractivity contribution in [3.8, 4) is 0 Å². The van der Waals surface area contributed by atoms with Gasteiger partial charge in [-0.2, -0.15) is 0 Å². The van der Waals surface area contributed by atoms with E-state index in [1.807, 2.05) is 0 Å². The van der Waals surface area contributed by atoms with Crippen LogP contribution >= 0.6 is 0 Å². The fourth-order valence-electron chi connectivity index (χ4n) is 3.10. The standard InChI is InChI=1S/C14H18FNO2/c1-9-6-7-14(8-9,13(17)16-18)11-4-3-5-12(15)10(11)2/h3-5,9,18H,6-8H2,1-2H3,(H,16,17). The van der Waals surface area contributed by atoms with Gasteiger partial charge in [-0.05, 0) is 49.3 Å². The first-order valence-corrected chi connectivity index (χ1v) is 6.21. The highest BCUT2D eigenvalue weighted by atomic mass is 19.1. The topological polar surface area (TPSA) is 49.3 Å². The number of carbonyl (C=O) groups is 1. The summed E-state index contributed by atoms with van der Waals surface area (Å²) in [7, 11) is 0. The number of rotatable bonds is 2. The maximum Gasteiger partial charge on any atom is 0.253 e. The Morgan fingerprint density at radius 2 is 2.28 bits per heavy atom. The predicted molar refractivity (Wildman–Crippen MR) is 65.8 cm³/mol. The Morgan fingerprint density at radius 1 is 1.56 bits per heavy atom. The second-order valence-corrected chi connectivity index (χ2v) is 5.28. The number of nitrogens with one attached hydrogen (secondary N) is 1. The summed E-state index contributed by atoms with van der Waals surface area (Å²) in [6.07, 6.45) is 2.19. The average molecular weight is 251 g/mol. The molecule has 2 atom stereocenters. The quantitative estimate of drug-likeness (QED) is 0.627.